The Morgan fingerprint density at radius 1 is 1.00 bits per heavy atom. The minimum atomic E-state index is -0.624. The second kappa shape index (κ2) is 6.57. The van der Waals surface area contributed by atoms with E-state index < -0.39 is 17.8 Å². The van der Waals surface area contributed by atoms with E-state index in [1.54, 1.807) is 12.3 Å². The van der Waals surface area contributed by atoms with Crippen molar-refractivity contribution in [3.63, 3.8) is 0 Å². The molecule has 0 saturated carbocycles. The highest BCUT2D eigenvalue weighted by atomic mass is 16.5. The molecule has 2 aromatic rings. The summed E-state index contributed by atoms with van der Waals surface area (Å²) < 4.78 is 9.29. The molecule has 0 atom stereocenters. The molecule has 0 saturated heterocycles. The number of hydrogen-bond acceptors (Lipinski definition) is 5. The number of carbonyl (C=O) groups excluding carboxylic acids is 3. The third kappa shape index (κ3) is 3.14. The van der Waals surface area contributed by atoms with Crippen LogP contribution in [0.2, 0.25) is 0 Å². The number of aromatic nitrogens is 1. The van der Waals surface area contributed by atoms with Gasteiger partial charge in [0.25, 0.3) is 5.91 Å². The molecule has 0 bridgehead atoms. The molecule has 2 N–H and O–H groups in total. The smallest absolute Gasteiger partial charge is 0.339 e. The maximum absolute atomic E-state index is 12.1. The Hall–Kier alpha value is -3.09. The Bertz CT molecular complexity index is 707. The molecule has 0 aliphatic carbocycles. The van der Waals surface area contributed by atoms with Gasteiger partial charge in [0.2, 0.25) is 0 Å². The van der Waals surface area contributed by atoms with Crippen LogP contribution in [0.15, 0.2) is 36.7 Å². The van der Waals surface area contributed by atoms with Crippen molar-refractivity contribution in [3.8, 4) is 0 Å². The molecule has 0 fully saturated rings. The number of H-pyrrole nitrogens is 1. The van der Waals surface area contributed by atoms with E-state index in [-0.39, 0.29) is 16.8 Å². The first-order valence-corrected chi connectivity index (χ1v) is 6.31. The van der Waals surface area contributed by atoms with Crippen molar-refractivity contribution >= 4 is 23.5 Å². The SMILES string of the molecule is COC(=O)c1ccc(C(=O)OC)c(NC(=O)c2cc[nH]c2)c1. The molecule has 0 aliphatic heterocycles. The average Bonchev–Trinajstić information content (AvgIpc) is 3.07. The maximum atomic E-state index is 12.1. The minimum Gasteiger partial charge on any atom is -0.465 e. The second-order valence-corrected chi connectivity index (χ2v) is 4.30. The van der Waals surface area contributed by atoms with Crippen molar-refractivity contribution in [2.75, 3.05) is 19.5 Å². The van der Waals surface area contributed by atoms with Gasteiger partial charge in [-0.3, -0.25) is 4.79 Å². The average molecular weight is 302 g/mol. The fourth-order valence-electron chi connectivity index (χ4n) is 1.84. The van der Waals surface area contributed by atoms with E-state index in [1.165, 1.54) is 38.6 Å². The summed E-state index contributed by atoms with van der Waals surface area (Å²) in [7, 11) is 2.48. The van der Waals surface area contributed by atoms with E-state index in [4.69, 9.17) is 0 Å². The molecule has 7 heteroatoms. The third-order valence-electron chi connectivity index (χ3n) is 2.95. The molecule has 0 spiro atoms. The fourth-order valence-corrected chi connectivity index (χ4v) is 1.84. The number of nitrogens with one attached hydrogen (secondary N) is 2. The summed E-state index contributed by atoms with van der Waals surface area (Å²) in [5, 5.41) is 2.58. The van der Waals surface area contributed by atoms with Crippen LogP contribution < -0.4 is 5.32 Å². The number of anilines is 1. The van der Waals surface area contributed by atoms with Gasteiger partial charge in [0.15, 0.2) is 0 Å². The Labute approximate surface area is 126 Å². The predicted molar refractivity (Wildman–Crippen MR) is 77.9 cm³/mol. The first kappa shape index (κ1) is 15.3. The topological polar surface area (TPSA) is 97.5 Å². The standard InChI is InChI=1S/C15H14N2O5/c1-21-14(19)9-3-4-11(15(20)22-2)12(7-9)17-13(18)10-5-6-16-8-10/h3-8,16H,1-2H3,(H,17,18). The molecule has 22 heavy (non-hydrogen) atoms. The highest BCUT2D eigenvalue weighted by molar-refractivity contribution is 6.08. The number of hydrogen-bond donors (Lipinski definition) is 2. The van der Waals surface area contributed by atoms with Gasteiger partial charge >= 0.3 is 11.9 Å². The summed E-state index contributed by atoms with van der Waals surface area (Å²) in [6.45, 7) is 0. The van der Waals surface area contributed by atoms with Gasteiger partial charge in [0.1, 0.15) is 0 Å². The summed E-state index contributed by atoms with van der Waals surface area (Å²) in [4.78, 5) is 38.2. The van der Waals surface area contributed by atoms with Crippen molar-refractivity contribution in [2.45, 2.75) is 0 Å². The number of esters is 2. The van der Waals surface area contributed by atoms with Gasteiger partial charge in [-0.05, 0) is 24.3 Å². The molecule has 0 aliphatic rings. The van der Waals surface area contributed by atoms with Crippen LogP contribution in [0.4, 0.5) is 5.69 Å². The van der Waals surface area contributed by atoms with Gasteiger partial charge < -0.3 is 19.8 Å². The number of rotatable bonds is 4. The van der Waals surface area contributed by atoms with Crippen molar-refractivity contribution in [2.24, 2.45) is 0 Å². The number of methoxy groups -OCH3 is 2. The van der Waals surface area contributed by atoms with Crippen molar-refractivity contribution in [1.29, 1.82) is 0 Å². The van der Waals surface area contributed by atoms with Crippen molar-refractivity contribution < 1.29 is 23.9 Å². The van der Waals surface area contributed by atoms with Crippen LogP contribution in [0.3, 0.4) is 0 Å². The molecule has 1 aromatic heterocycles. The molecule has 2 rings (SSSR count). The van der Waals surface area contributed by atoms with E-state index in [0.29, 0.717) is 5.56 Å². The Balaban J connectivity index is 2.38. The van der Waals surface area contributed by atoms with E-state index >= 15 is 0 Å². The van der Waals surface area contributed by atoms with Crippen LogP contribution in [0.1, 0.15) is 31.1 Å². The summed E-state index contributed by atoms with van der Waals surface area (Å²) in [6.07, 6.45) is 3.11. The number of ether oxygens (including phenoxy) is 2. The Kier molecular flexibility index (Phi) is 4.57. The number of amides is 1. The molecular weight excluding hydrogens is 288 g/mol. The molecule has 1 aromatic carbocycles. The fraction of sp³-hybridized carbons (Fsp3) is 0.133. The summed E-state index contributed by atoms with van der Waals surface area (Å²) >= 11 is 0. The van der Waals surface area contributed by atoms with E-state index in [1.807, 2.05) is 0 Å². The largest absolute Gasteiger partial charge is 0.465 e. The van der Waals surface area contributed by atoms with E-state index in [9.17, 15) is 14.4 Å². The predicted octanol–water partition coefficient (Wildman–Crippen LogP) is 1.84. The minimum absolute atomic E-state index is 0.138. The second-order valence-electron chi connectivity index (χ2n) is 4.30. The van der Waals surface area contributed by atoms with Crippen molar-refractivity contribution in [1.82, 2.24) is 4.98 Å². The van der Waals surface area contributed by atoms with E-state index in [2.05, 4.69) is 19.8 Å². The van der Waals surface area contributed by atoms with Gasteiger partial charge in [-0.2, -0.15) is 0 Å². The zero-order valence-electron chi connectivity index (χ0n) is 12.0. The lowest BCUT2D eigenvalue weighted by Crippen LogP contribution is -2.16. The highest BCUT2D eigenvalue weighted by Gasteiger charge is 2.18. The molecule has 0 radical (unpaired) electrons. The molecule has 114 valence electrons. The summed E-state index contributed by atoms with van der Waals surface area (Å²) in [5.74, 6) is -1.62. The quantitative estimate of drug-likeness (QED) is 0.840. The van der Waals surface area contributed by atoms with Gasteiger partial charge in [0.05, 0.1) is 36.6 Å². The van der Waals surface area contributed by atoms with Gasteiger partial charge in [0, 0.05) is 12.4 Å². The molecule has 1 heterocycles. The van der Waals surface area contributed by atoms with Gasteiger partial charge in [-0.1, -0.05) is 0 Å². The van der Waals surface area contributed by atoms with Crippen LogP contribution in [0.25, 0.3) is 0 Å². The summed E-state index contributed by atoms with van der Waals surface area (Å²) in [5.41, 5.74) is 0.902. The normalized spacial score (nSPS) is 9.91. The van der Waals surface area contributed by atoms with E-state index in [0.717, 1.165) is 0 Å². The Morgan fingerprint density at radius 2 is 1.73 bits per heavy atom. The summed E-state index contributed by atoms with van der Waals surface area (Å²) in [6, 6.07) is 5.76. The van der Waals surface area contributed by atoms with Crippen LogP contribution in [-0.2, 0) is 9.47 Å². The van der Waals surface area contributed by atoms with Crippen LogP contribution in [-0.4, -0.2) is 37.0 Å². The van der Waals surface area contributed by atoms with Gasteiger partial charge in [-0.25, -0.2) is 9.59 Å². The van der Waals surface area contributed by atoms with Gasteiger partial charge in [-0.15, -0.1) is 0 Å². The van der Waals surface area contributed by atoms with Crippen LogP contribution in [0, 0.1) is 0 Å². The zero-order valence-corrected chi connectivity index (χ0v) is 12.0. The van der Waals surface area contributed by atoms with Crippen molar-refractivity contribution in [3.05, 3.63) is 53.3 Å². The lowest BCUT2D eigenvalue weighted by Gasteiger charge is -2.11. The zero-order chi connectivity index (χ0) is 16.1. The molecular formula is C15H14N2O5. The monoisotopic (exact) mass is 302 g/mol. The van der Waals surface area contributed by atoms with Crippen LogP contribution >= 0.6 is 0 Å². The third-order valence-corrected chi connectivity index (χ3v) is 2.95. The first-order chi connectivity index (χ1) is 10.6. The lowest BCUT2D eigenvalue weighted by atomic mass is 10.1. The molecule has 7 nitrogen and oxygen atoms in total. The highest BCUT2D eigenvalue weighted by Crippen LogP contribution is 2.20. The number of carbonyl (C=O) groups is 3. The molecule has 0 unspecified atom stereocenters. The molecule has 1 amide bonds. The lowest BCUT2D eigenvalue weighted by molar-refractivity contribution is 0.0587. The van der Waals surface area contributed by atoms with Crippen LogP contribution in [0.5, 0.6) is 0 Å². The number of benzene rings is 1. The maximum Gasteiger partial charge on any atom is 0.339 e. The number of aromatic amines is 1. The first-order valence-electron chi connectivity index (χ1n) is 6.31. The Morgan fingerprint density at radius 3 is 2.32 bits per heavy atom.